The van der Waals surface area contributed by atoms with Gasteiger partial charge in [0.2, 0.25) is 0 Å². The van der Waals surface area contributed by atoms with E-state index in [4.69, 9.17) is 23.2 Å². The Balaban J connectivity index is 1.40. The lowest BCUT2D eigenvalue weighted by Crippen LogP contribution is -2.23. The molecule has 0 spiro atoms. The van der Waals surface area contributed by atoms with Gasteiger partial charge in [-0.05, 0) is 42.8 Å². The predicted molar refractivity (Wildman–Crippen MR) is 139 cm³/mol. The third-order valence-electron chi connectivity index (χ3n) is 4.74. The Morgan fingerprint density at radius 1 is 1.06 bits per heavy atom. The summed E-state index contributed by atoms with van der Waals surface area (Å²) in [5, 5.41) is 20.0. The van der Waals surface area contributed by atoms with Crippen molar-refractivity contribution in [2.24, 2.45) is 5.10 Å². The van der Waals surface area contributed by atoms with Crippen LogP contribution in [0.5, 0.6) is 5.75 Å². The summed E-state index contributed by atoms with van der Waals surface area (Å²) in [6, 6.07) is 9.88. The number of rotatable bonds is 7. The topological polar surface area (TPSA) is 117 Å². The molecule has 4 rings (SSSR count). The number of hydrazone groups is 1. The highest BCUT2D eigenvalue weighted by Crippen LogP contribution is 2.40. The molecule has 35 heavy (non-hydrogen) atoms. The standard InChI is InChI=1S/C23H17Cl2N5O3S2/c1-12(14-11-34-21(20(14)31)13-3-4-15(24)16(25)9-13)29-30-23(33)18-6-5-17(35-18)22(32)28-10-19-26-7-2-8-27-19/h2-9,11,31H,10H2,1H3,(H,28,32)(H,30,33). The molecule has 12 heteroatoms. The van der Waals surface area contributed by atoms with Gasteiger partial charge in [-0.25, -0.2) is 15.4 Å². The Morgan fingerprint density at radius 2 is 1.77 bits per heavy atom. The highest BCUT2D eigenvalue weighted by Gasteiger charge is 2.17. The third-order valence-corrected chi connectivity index (χ3v) is 7.58. The summed E-state index contributed by atoms with van der Waals surface area (Å²) in [5.74, 6) is -0.293. The number of thiophene rings is 2. The van der Waals surface area contributed by atoms with Crippen LogP contribution in [0.3, 0.4) is 0 Å². The van der Waals surface area contributed by atoms with Crippen molar-refractivity contribution in [2.45, 2.75) is 13.5 Å². The first-order valence-electron chi connectivity index (χ1n) is 10.1. The maximum Gasteiger partial charge on any atom is 0.281 e. The quantitative estimate of drug-likeness (QED) is 0.213. The fourth-order valence-corrected chi connectivity index (χ4v) is 5.06. The molecule has 0 aliphatic heterocycles. The Kier molecular flexibility index (Phi) is 7.76. The molecule has 0 unspecified atom stereocenters. The molecule has 0 aliphatic rings. The highest BCUT2D eigenvalue weighted by molar-refractivity contribution is 7.16. The summed E-state index contributed by atoms with van der Waals surface area (Å²) in [6.45, 7) is 1.84. The van der Waals surface area contributed by atoms with E-state index >= 15 is 0 Å². The summed E-state index contributed by atoms with van der Waals surface area (Å²) >= 11 is 14.4. The second-order valence-electron chi connectivity index (χ2n) is 7.11. The number of carbonyl (C=O) groups is 2. The first-order chi connectivity index (χ1) is 16.8. The van der Waals surface area contributed by atoms with Gasteiger partial charge in [0, 0.05) is 17.8 Å². The second-order valence-corrected chi connectivity index (χ2v) is 9.88. The molecule has 2 amide bonds. The van der Waals surface area contributed by atoms with Gasteiger partial charge in [0.25, 0.3) is 11.8 Å². The third kappa shape index (κ3) is 5.85. The van der Waals surface area contributed by atoms with Gasteiger partial charge >= 0.3 is 0 Å². The van der Waals surface area contributed by atoms with E-state index < -0.39 is 5.91 Å². The number of hydrogen-bond donors (Lipinski definition) is 3. The van der Waals surface area contributed by atoms with Crippen molar-refractivity contribution in [3.63, 3.8) is 0 Å². The first kappa shape index (κ1) is 24.8. The average Bonchev–Trinajstić information content (AvgIpc) is 3.51. The fourth-order valence-electron chi connectivity index (χ4n) is 2.95. The molecule has 4 aromatic rings. The molecule has 178 valence electrons. The van der Waals surface area contributed by atoms with Crippen molar-refractivity contribution in [3.05, 3.63) is 85.4 Å². The van der Waals surface area contributed by atoms with Gasteiger partial charge in [-0.15, -0.1) is 22.7 Å². The minimum absolute atomic E-state index is 0.0290. The average molecular weight is 546 g/mol. The van der Waals surface area contributed by atoms with Gasteiger partial charge in [-0.1, -0.05) is 29.3 Å². The largest absolute Gasteiger partial charge is 0.506 e. The number of nitrogens with zero attached hydrogens (tertiary/aromatic N) is 3. The van der Waals surface area contributed by atoms with Crippen molar-refractivity contribution in [2.75, 3.05) is 0 Å². The number of amides is 2. The zero-order valence-corrected chi connectivity index (χ0v) is 21.2. The van der Waals surface area contributed by atoms with E-state index in [1.165, 1.54) is 11.3 Å². The minimum Gasteiger partial charge on any atom is -0.506 e. The molecule has 0 saturated heterocycles. The van der Waals surface area contributed by atoms with Gasteiger partial charge in [0.05, 0.1) is 42.5 Å². The molecule has 0 bridgehead atoms. The SMILES string of the molecule is CC(=NNC(=O)c1ccc(C(=O)NCc2ncccn2)s1)c1csc(-c2ccc(Cl)c(Cl)c2)c1O. The number of benzene rings is 1. The lowest BCUT2D eigenvalue weighted by atomic mass is 10.1. The molecule has 3 aromatic heterocycles. The highest BCUT2D eigenvalue weighted by atomic mass is 35.5. The number of nitrogens with one attached hydrogen (secondary N) is 2. The van der Waals surface area contributed by atoms with Crippen LogP contribution < -0.4 is 10.7 Å². The monoisotopic (exact) mass is 545 g/mol. The maximum absolute atomic E-state index is 12.5. The van der Waals surface area contributed by atoms with Crippen LogP contribution in [0, 0.1) is 0 Å². The van der Waals surface area contributed by atoms with Gasteiger partial charge in [-0.3, -0.25) is 9.59 Å². The lowest BCUT2D eigenvalue weighted by molar-refractivity contribution is 0.0949. The number of aromatic nitrogens is 2. The van der Waals surface area contributed by atoms with E-state index in [2.05, 4.69) is 25.8 Å². The molecule has 1 aromatic carbocycles. The number of hydrogen-bond acceptors (Lipinski definition) is 8. The first-order valence-corrected chi connectivity index (χ1v) is 12.5. The summed E-state index contributed by atoms with van der Waals surface area (Å²) in [6.07, 6.45) is 3.18. The molecule has 8 nitrogen and oxygen atoms in total. The van der Waals surface area contributed by atoms with Gasteiger partial charge < -0.3 is 10.4 Å². The molecular weight excluding hydrogens is 529 g/mol. The van der Waals surface area contributed by atoms with E-state index in [1.54, 1.807) is 61.1 Å². The van der Waals surface area contributed by atoms with Crippen molar-refractivity contribution in [1.29, 1.82) is 0 Å². The van der Waals surface area contributed by atoms with Crippen molar-refractivity contribution >= 4 is 63.4 Å². The molecule has 0 fully saturated rings. The Bertz CT molecular complexity index is 1420. The van der Waals surface area contributed by atoms with Crippen LogP contribution in [0.4, 0.5) is 0 Å². The number of aromatic hydroxyl groups is 1. The van der Waals surface area contributed by atoms with Crippen LogP contribution >= 0.6 is 45.9 Å². The smallest absolute Gasteiger partial charge is 0.281 e. The van der Waals surface area contributed by atoms with Crippen molar-refractivity contribution in [3.8, 4) is 16.2 Å². The van der Waals surface area contributed by atoms with Crippen LogP contribution in [0.1, 0.15) is 37.7 Å². The van der Waals surface area contributed by atoms with E-state index in [-0.39, 0.29) is 18.2 Å². The lowest BCUT2D eigenvalue weighted by Gasteiger charge is -2.04. The van der Waals surface area contributed by atoms with Gasteiger partial charge in [0.1, 0.15) is 11.6 Å². The maximum atomic E-state index is 12.5. The normalized spacial score (nSPS) is 11.3. The summed E-state index contributed by atoms with van der Waals surface area (Å²) in [7, 11) is 0. The van der Waals surface area contributed by atoms with Crippen LogP contribution in [0.2, 0.25) is 10.0 Å². The summed E-state index contributed by atoms with van der Waals surface area (Å²) in [4.78, 5) is 34.3. The van der Waals surface area contributed by atoms with Crippen molar-refractivity contribution < 1.29 is 14.7 Å². The molecule has 0 saturated carbocycles. The zero-order chi connectivity index (χ0) is 24.9. The number of halogens is 2. The second kappa shape index (κ2) is 11.0. The van der Waals surface area contributed by atoms with Crippen LogP contribution in [0.25, 0.3) is 10.4 Å². The minimum atomic E-state index is -0.473. The van der Waals surface area contributed by atoms with Gasteiger partial charge in [0.15, 0.2) is 0 Å². The Morgan fingerprint density at radius 3 is 2.49 bits per heavy atom. The van der Waals surface area contributed by atoms with Crippen LogP contribution in [-0.4, -0.2) is 32.6 Å². The Hall–Kier alpha value is -3.31. The molecule has 3 N–H and O–H groups in total. The molecule has 3 heterocycles. The van der Waals surface area contributed by atoms with E-state index in [0.29, 0.717) is 47.3 Å². The molecule has 0 radical (unpaired) electrons. The molecule has 0 atom stereocenters. The van der Waals surface area contributed by atoms with Crippen molar-refractivity contribution in [1.82, 2.24) is 20.7 Å². The van der Waals surface area contributed by atoms with E-state index in [9.17, 15) is 14.7 Å². The van der Waals surface area contributed by atoms with Gasteiger partial charge in [-0.2, -0.15) is 5.10 Å². The molecular formula is C23H17Cl2N5O3S2. The van der Waals surface area contributed by atoms with E-state index in [1.807, 2.05) is 0 Å². The zero-order valence-electron chi connectivity index (χ0n) is 18.1. The van der Waals surface area contributed by atoms with E-state index in [0.717, 1.165) is 11.3 Å². The molecule has 0 aliphatic carbocycles. The number of carbonyl (C=O) groups excluding carboxylic acids is 2. The van der Waals surface area contributed by atoms with Crippen LogP contribution in [0.15, 0.2) is 59.3 Å². The summed E-state index contributed by atoms with van der Waals surface area (Å²) < 4.78 is 0. The summed E-state index contributed by atoms with van der Waals surface area (Å²) in [5.41, 5.74) is 4.07. The Labute approximate surface area is 218 Å². The predicted octanol–water partition coefficient (Wildman–Crippen LogP) is 5.36. The fraction of sp³-hybridized carbons (Fsp3) is 0.0870. The van der Waals surface area contributed by atoms with Crippen LogP contribution in [-0.2, 0) is 6.54 Å².